The van der Waals surface area contributed by atoms with Gasteiger partial charge in [-0.2, -0.15) is 0 Å². The van der Waals surface area contributed by atoms with Crippen molar-refractivity contribution in [2.45, 2.75) is 13.0 Å². The molecule has 2 rings (SSSR count). The zero-order chi connectivity index (χ0) is 14.6. The van der Waals surface area contributed by atoms with Crippen molar-refractivity contribution in [3.63, 3.8) is 0 Å². The molecule has 0 bridgehead atoms. The number of carbonyl (C=O) groups excluding carboxylic acids is 1. The number of rotatable bonds is 4. The van der Waals surface area contributed by atoms with Gasteiger partial charge in [0.1, 0.15) is 5.41 Å². The third-order valence-corrected chi connectivity index (χ3v) is 3.37. The van der Waals surface area contributed by atoms with Crippen molar-refractivity contribution in [2.75, 3.05) is 13.2 Å². The number of carboxylic acids is 1. The summed E-state index contributed by atoms with van der Waals surface area (Å²) in [7, 11) is 0. The van der Waals surface area contributed by atoms with E-state index in [-0.39, 0.29) is 19.1 Å². The van der Waals surface area contributed by atoms with Crippen LogP contribution in [0.2, 0.25) is 0 Å². The Bertz CT molecular complexity index is 529. The number of nitrogens with zero attached hydrogens (tertiary/aromatic N) is 1. The summed E-state index contributed by atoms with van der Waals surface area (Å²) in [6.45, 7) is 1.87. The Morgan fingerprint density at radius 2 is 2.40 bits per heavy atom. The second kappa shape index (κ2) is 5.83. The van der Waals surface area contributed by atoms with Gasteiger partial charge in [0.05, 0.1) is 19.3 Å². The van der Waals surface area contributed by atoms with Crippen molar-refractivity contribution in [3.05, 3.63) is 36.2 Å². The van der Waals surface area contributed by atoms with Crippen LogP contribution in [0.3, 0.4) is 0 Å². The third kappa shape index (κ3) is 3.03. The number of carbonyl (C=O) groups is 2. The Morgan fingerprint density at radius 3 is 3.05 bits per heavy atom. The minimum Gasteiger partial charge on any atom is -0.481 e. The fourth-order valence-corrected chi connectivity index (χ4v) is 1.95. The van der Waals surface area contributed by atoms with E-state index in [9.17, 15) is 14.7 Å². The molecule has 1 aromatic heterocycles. The van der Waals surface area contributed by atoms with E-state index in [4.69, 9.17) is 4.74 Å². The Balaban J connectivity index is 1.98. The van der Waals surface area contributed by atoms with Crippen LogP contribution in [0.15, 0.2) is 30.6 Å². The monoisotopic (exact) mass is 276 g/mol. The molecule has 2 unspecified atom stereocenters. The molecule has 0 saturated carbocycles. The summed E-state index contributed by atoms with van der Waals surface area (Å²) in [5.74, 6) is -1.33. The van der Waals surface area contributed by atoms with Gasteiger partial charge in [-0.05, 0) is 24.6 Å². The molecule has 1 aliphatic rings. The Kier molecular flexibility index (Phi) is 4.14. The van der Waals surface area contributed by atoms with Crippen molar-refractivity contribution in [1.29, 1.82) is 0 Å². The fourth-order valence-electron chi connectivity index (χ4n) is 1.95. The third-order valence-electron chi connectivity index (χ3n) is 3.37. The molecule has 20 heavy (non-hydrogen) atoms. The molecule has 2 N–H and O–H groups in total. The first-order chi connectivity index (χ1) is 9.52. The summed E-state index contributed by atoms with van der Waals surface area (Å²) in [6, 6.07) is 3.05. The van der Waals surface area contributed by atoms with Gasteiger partial charge in [0.2, 0.25) is 5.91 Å². The summed E-state index contributed by atoms with van der Waals surface area (Å²) < 4.78 is 5.17. The number of hydrogen-bond donors (Lipinski definition) is 2. The zero-order valence-corrected chi connectivity index (χ0v) is 11.1. The molecule has 1 saturated heterocycles. The first-order valence-corrected chi connectivity index (χ1v) is 6.22. The van der Waals surface area contributed by atoms with Gasteiger partial charge >= 0.3 is 5.97 Å². The quantitative estimate of drug-likeness (QED) is 0.790. The minimum atomic E-state index is -1.09. The van der Waals surface area contributed by atoms with Crippen LogP contribution in [0.4, 0.5) is 0 Å². The smallest absolute Gasteiger partial charge is 0.313 e. The van der Waals surface area contributed by atoms with Crippen molar-refractivity contribution in [1.82, 2.24) is 10.3 Å². The second-order valence-electron chi connectivity index (χ2n) is 4.92. The Morgan fingerprint density at radius 1 is 1.60 bits per heavy atom. The maximum absolute atomic E-state index is 11.8. The molecule has 1 amide bonds. The summed E-state index contributed by atoms with van der Waals surface area (Å²) in [5, 5.41) is 11.9. The SMILES string of the molecule is CC1(C(=O)O)COCC1NC(=O)C=Cc1cccnc1. The topological polar surface area (TPSA) is 88.5 Å². The molecule has 6 nitrogen and oxygen atoms in total. The lowest BCUT2D eigenvalue weighted by molar-refractivity contribution is -0.148. The average molecular weight is 276 g/mol. The molecule has 1 aromatic rings. The first-order valence-electron chi connectivity index (χ1n) is 6.22. The predicted octanol–water partition coefficient (Wildman–Crippen LogP) is 0.701. The molecule has 6 heteroatoms. The lowest BCUT2D eigenvalue weighted by atomic mass is 9.85. The van der Waals surface area contributed by atoms with Gasteiger partial charge in [-0.25, -0.2) is 0 Å². The van der Waals surface area contributed by atoms with Gasteiger partial charge in [-0.3, -0.25) is 14.6 Å². The van der Waals surface area contributed by atoms with Crippen LogP contribution >= 0.6 is 0 Å². The number of aromatic nitrogens is 1. The fraction of sp³-hybridized carbons (Fsp3) is 0.357. The molecule has 1 fully saturated rings. The number of nitrogens with one attached hydrogen (secondary N) is 1. The predicted molar refractivity (Wildman–Crippen MR) is 71.8 cm³/mol. The van der Waals surface area contributed by atoms with Crippen molar-refractivity contribution < 1.29 is 19.4 Å². The van der Waals surface area contributed by atoms with Crippen LogP contribution in [0.1, 0.15) is 12.5 Å². The highest BCUT2D eigenvalue weighted by molar-refractivity contribution is 5.92. The van der Waals surface area contributed by atoms with Crippen LogP contribution in [0, 0.1) is 5.41 Å². The van der Waals surface area contributed by atoms with Gasteiger partial charge in [0.25, 0.3) is 0 Å². The zero-order valence-electron chi connectivity index (χ0n) is 11.1. The summed E-state index contributed by atoms with van der Waals surface area (Å²) >= 11 is 0. The van der Waals surface area contributed by atoms with Gasteiger partial charge in [-0.15, -0.1) is 0 Å². The highest BCUT2D eigenvalue weighted by Gasteiger charge is 2.47. The van der Waals surface area contributed by atoms with Crippen molar-refractivity contribution in [3.8, 4) is 0 Å². The van der Waals surface area contributed by atoms with Crippen LogP contribution in [0.25, 0.3) is 6.08 Å². The molecule has 1 aliphatic heterocycles. The Labute approximate surface area is 116 Å². The molecule has 2 atom stereocenters. The molecule has 0 radical (unpaired) electrons. The highest BCUT2D eigenvalue weighted by atomic mass is 16.5. The Hall–Kier alpha value is -2.21. The maximum atomic E-state index is 11.8. The minimum absolute atomic E-state index is 0.0968. The summed E-state index contributed by atoms with van der Waals surface area (Å²) in [4.78, 5) is 27.0. The number of aliphatic carboxylic acids is 1. The summed E-state index contributed by atoms with van der Waals surface area (Å²) in [5.41, 5.74) is -0.288. The van der Waals surface area contributed by atoms with Crippen LogP contribution in [0.5, 0.6) is 0 Å². The van der Waals surface area contributed by atoms with E-state index < -0.39 is 17.4 Å². The van der Waals surface area contributed by atoms with Crippen molar-refractivity contribution in [2.24, 2.45) is 5.41 Å². The molecule has 106 valence electrons. The van der Waals surface area contributed by atoms with E-state index in [0.717, 1.165) is 5.56 Å². The van der Waals surface area contributed by atoms with Crippen molar-refractivity contribution >= 4 is 18.0 Å². The van der Waals surface area contributed by atoms with E-state index in [2.05, 4.69) is 10.3 Å². The first kappa shape index (κ1) is 14.2. The van der Waals surface area contributed by atoms with E-state index in [1.165, 1.54) is 6.08 Å². The van der Waals surface area contributed by atoms with E-state index in [1.54, 1.807) is 31.5 Å². The molecule has 0 spiro atoms. The number of carboxylic acid groups (broad SMARTS) is 1. The van der Waals surface area contributed by atoms with E-state index >= 15 is 0 Å². The largest absolute Gasteiger partial charge is 0.481 e. The van der Waals surface area contributed by atoms with Crippen LogP contribution in [-0.4, -0.2) is 41.2 Å². The normalized spacial score (nSPS) is 25.8. The highest BCUT2D eigenvalue weighted by Crippen LogP contribution is 2.28. The van der Waals surface area contributed by atoms with Crippen LogP contribution in [-0.2, 0) is 14.3 Å². The molecule has 0 aliphatic carbocycles. The van der Waals surface area contributed by atoms with Gasteiger partial charge < -0.3 is 15.2 Å². The van der Waals surface area contributed by atoms with E-state index in [0.29, 0.717) is 0 Å². The molecular formula is C14H16N2O4. The summed E-state index contributed by atoms with van der Waals surface area (Å²) in [6.07, 6.45) is 6.25. The number of pyridine rings is 1. The lowest BCUT2D eigenvalue weighted by Gasteiger charge is -2.24. The maximum Gasteiger partial charge on any atom is 0.313 e. The lowest BCUT2D eigenvalue weighted by Crippen LogP contribution is -2.49. The van der Waals surface area contributed by atoms with E-state index in [1.807, 2.05) is 6.07 Å². The second-order valence-corrected chi connectivity index (χ2v) is 4.92. The van der Waals surface area contributed by atoms with Gasteiger partial charge in [-0.1, -0.05) is 6.07 Å². The number of hydrogen-bond acceptors (Lipinski definition) is 4. The molecular weight excluding hydrogens is 260 g/mol. The molecule has 0 aromatic carbocycles. The standard InChI is InChI=1S/C14H16N2O4/c1-14(13(18)19)9-20-8-11(14)16-12(17)5-4-10-3-2-6-15-7-10/h2-7,11H,8-9H2,1H3,(H,16,17)(H,18,19). The average Bonchev–Trinajstić information content (AvgIpc) is 2.80. The number of ether oxygens (including phenoxy) is 1. The van der Waals surface area contributed by atoms with Gasteiger partial charge in [0, 0.05) is 18.5 Å². The van der Waals surface area contributed by atoms with Crippen LogP contribution < -0.4 is 5.32 Å². The van der Waals surface area contributed by atoms with Gasteiger partial charge in [0.15, 0.2) is 0 Å². The molecule has 2 heterocycles. The number of amides is 1.